The third-order valence-corrected chi connectivity index (χ3v) is 2.59. The quantitative estimate of drug-likeness (QED) is 0.429. The molecule has 0 radical (unpaired) electrons. The zero-order valence-electron chi connectivity index (χ0n) is 11.7. The van der Waals surface area contributed by atoms with E-state index in [1.165, 1.54) is 12.5 Å². The second-order valence-corrected chi connectivity index (χ2v) is 4.28. The van der Waals surface area contributed by atoms with E-state index in [1.54, 1.807) is 6.92 Å². The minimum Gasteiger partial charge on any atom is -0.480 e. The first-order valence-electron chi connectivity index (χ1n) is 6.54. The highest BCUT2D eigenvalue weighted by atomic mass is 16.4. The molecule has 0 saturated carbocycles. The topological polar surface area (TPSA) is 136 Å². The summed E-state index contributed by atoms with van der Waals surface area (Å²) in [6.45, 7) is 2.45. The van der Waals surface area contributed by atoms with Crippen molar-refractivity contribution < 1.29 is 19.5 Å². The first-order valence-corrected chi connectivity index (χ1v) is 6.54. The summed E-state index contributed by atoms with van der Waals surface area (Å²) in [4.78, 5) is 40.4. The van der Waals surface area contributed by atoms with Crippen LogP contribution in [0.5, 0.6) is 0 Å². The van der Waals surface area contributed by atoms with Crippen LogP contribution in [0, 0.1) is 0 Å². The van der Waals surface area contributed by atoms with E-state index in [0.717, 1.165) is 0 Å². The van der Waals surface area contributed by atoms with Gasteiger partial charge in [0, 0.05) is 37.8 Å². The Kier molecular flexibility index (Phi) is 6.72. The van der Waals surface area contributed by atoms with Crippen molar-refractivity contribution in [3.63, 3.8) is 0 Å². The van der Waals surface area contributed by atoms with Gasteiger partial charge in [0.25, 0.3) is 0 Å². The van der Waals surface area contributed by atoms with Gasteiger partial charge in [-0.1, -0.05) is 0 Å². The molecule has 1 rings (SSSR count). The summed E-state index contributed by atoms with van der Waals surface area (Å²) < 4.78 is 0. The van der Waals surface area contributed by atoms with E-state index in [0.29, 0.717) is 12.2 Å². The number of nitrogens with one attached hydrogen (secondary N) is 4. The van der Waals surface area contributed by atoms with Crippen molar-refractivity contribution >= 4 is 17.9 Å². The Balaban J connectivity index is 2.35. The number of carbonyl (C=O) groups excluding carboxylic acids is 2. The van der Waals surface area contributed by atoms with E-state index >= 15 is 0 Å². The number of H-pyrrole nitrogens is 1. The molecule has 9 nitrogen and oxygen atoms in total. The number of carbonyl (C=O) groups is 3. The molecule has 3 amide bonds. The van der Waals surface area contributed by atoms with Gasteiger partial charge < -0.3 is 26.0 Å². The fourth-order valence-corrected chi connectivity index (χ4v) is 1.60. The lowest BCUT2D eigenvalue weighted by Gasteiger charge is -2.14. The van der Waals surface area contributed by atoms with Gasteiger partial charge in [-0.05, 0) is 6.92 Å². The Labute approximate surface area is 121 Å². The monoisotopic (exact) mass is 297 g/mol. The van der Waals surface area contributed by atoms with Gasteiger partial charge in [-0.2, -0.15) is 0 Å². The number of rotatable bonds is 8. The van der Waals surface area contributed by atoms with E-state index in [9.17, 15) is 14.4 Å². The maximum absolute atomic E-state index is 11.6. The molecule has 9 heteroatoms. The number of nitrogens with zero attached hydrogens (tertiary/aromatic N) is 1. The van der Waals surface area contributed by atoms with Crippen LogP contribution in [0.15, 0.2) is 12.5 Å². The van der Waals surface area contributed by atoms with E-state index in [1.807, 2.05) is 0 Å². The summed E-state index contributed by atoms with van der Waals surface area (Å²) in [5.41, 5.74) is 0.602. The molecule has 21 heavy (non-hydrogen) atoms. The lowest BCUT2D eigenvalue weighted by Crippen LogP contribution is -2.47. The molecule has 0 fully saturated rings. The molecule has 1 aromatic heterocycles. The highest BCUT2D eigenvalue weighted by Gasteiger charge is 2.20. The summed E-state index contributed by atoms with van der Waals surface area (Å²) in [7, 11) is 0. The highest BCUT2D eigenvalue weighted by Crippen LogP contribution is 1.98. The third-order valence-electron chi connectivity index (χ3n) is 2.59. The van der Waals surface area contributed by atoms with Crippen molar-refractivity contribution in [1.82, 2.24) is 25.9 Å². The third kappa shape index (κ3) is 6.41. The van der Waals surface area contributed by atoms with Gasteiger partial charge in [-0.25, -0.2) is 14.6 Å². The van der Waals surface area contributed by atoms with Crippen molar-refractivity contribution in [3.05, 3.63) is 18.2 Å². The number of aliphatic carboxylic acids is 1. The van der Waals surface area contributed by atoms with Gasteiger partial charge >= 0.3 is 12.0 Å². The van der Waals surface area contributed by atoms with Crippen LogP contribution in [-0.4, -0.2) is 52.1 Å². The molecule has 0 bridgehead atoms. The van der Waals surface area contributed by atoms with Crippen LogP contribution in [0.1, 0.15) is 19.0 Å². The van der Waals surface area contributed by atoms with Crippen LogP contribution in [0.3, 0.4) is 0 Å². The Morgan fingerprint density at radius 1 is 1.38 bits per heavy atom. The summed E-state index contributed by atoms with van der Waals surface area (Å²) in [5.74, 6) is -1.33. The van der Waals surface area contributed by atoms with Crippen LogP contribution in [0.4, 0.5) is 4.79 Å². The van der Waals surface area contributed by atoms with Gasteiger partial charge in [0.05, 0.1) is 6.33 Å². The average molecular weight is 297 g/mol. The maximum atomic E-state index is 11.6. The zero-order chi connectivity index (χ0) is 15.7. The van der Waals surface area contributed by atoms with Gasteiger partial charge in [0.15, 0.2) is 0 Å². The molecule has 0 unspecified atom stereocenters. The minimum atomic E-state index is -1.15. The summed E-state index contributed by atoms with van der Waals surface area (Å²) in [6, 6.07) is -1.71. The van der Waals surface area contributed by atoms with E-state index < -0.39 is 18.0 Å². The summed E-state index contributed by atoms with van der Waals surface area (Å²) >= 11 is 0. The molecular formula is C12H19N5O4. The molecule has 1 heterocycles. The van der Waals surface area contributed by atoms with Crippen LogP contribution >= 0.6 is 0 Å². The van der Waals surface area contributed by atoms with Gasteiger partial charge in [0.2, 0.25) is 5.91 Å². The largest absolute Gasteiger partial charge is 0.480 e. The van der Waals surface area contributed by atoms with Crippen LogP contribution < -0.4 is 16.0 Å². The molecule has 116 valence electrons. The van der Waals surface area contributed by atoms with E-state index in [4.69, 9.17) is 5.11 Å². The van der Waals surface area contributed by atoms with Crippen LogP contribution in [0.25, 0.3) is 0 Å². The number of carboxylic acids is 1. The van der Waals surface area contributed by atoms with Crippen molar-refractivity contribution in [2.45, 2.75) is 25.8 Å². The summed E-state index contributed by atoms with van der Waals surface area (Å²) in [6.07, 6.45) is 3.16. The average Bonchev–Trinajstić information content (AvgIpc) is 2.91. The zero-order valence-corrected chi connectivity index (χ0v) is 11.7. The fourth-order valence-electron chi connectivity index (χ4n) is 1.60. The first kappa shape index (κ1) is 16.5. The number of amides is 3. The predicted octanol–water partition coefficient (Wildman–Crippen LogP) is -0.769. The minimum absolute atomic E-state index is 0.0963. The van der Waals surface area contributed by atoms with Crippen molar-refractivity contribution in [2.75, 3.05) is 13.1 Å². The number of hydrogen-bond donors (Lipinski definition) is 5. The number of carboxylic acid groups (broad SMARTS) is 1. The van der Waals surface area contributed by atoms with Crippen molar-refractivity contribution in [3.8, 4) is 0 Å². The molecule has 0 aliphatic heterocycles. The lowest BCUT2D eigenvalue weighted by molar-refractivity contribution is -0.139. The lowest BCUT2D eigenvalue weighted by atomic mass is 10.2. The molecule has 1 aromatic rings. The number of aromatic nitrogens is 2. The second-order valence-electron chi connectivity index (χ2n) is 4.28. The number of imidazole rings is 1. The summed E-state index contributed by atoms with van der Waals surface area (Å²) in [5, 5.41) is 16.4. The molecule has 0 spiro atoms. The van der Waals surface area contributed by atoms with Gasteiger partial charge in [-0.15, -0.1) is 0 Å². The Hall–Kier alpha value is -2.58. The first-order chi connectivity index (χ1) is 10.0. The van der Waals surface area contributed by atoms with Crippen LogP contribution in [-0.2, 0) is 16.0 Å². The maximum Gasteiger partial charge on any atom is 0.326 e. The molecule has 1 atom stereocenters. The molecule has 0 aliphatic rings. The predicted molar refractivity (Wildman–Crippen MR) is 73.6 cm³/mol. The molecular weight excluding hydrogens is 278 g/mol. The number of hydrogen-bond acceptors (Lipinski definition) is 4. The smallest absolute Gasteiger partial charge is 0.326 e. The normalized spacial score (nSPS) is 11.5. The Morgan fingerprint density at radius 3 is 2.71 bits per heavy atom. The molecule has 0 saturated heterocycles. The fraction of sp³-hybridized carbons (Fsp3) is 0.500. The van der Waals surface area contributed by atoms with Gasteiger partial charge in [-0.3, -0.25) is 4.79 Å². The van der Waals surface area contributed by atoms with Gasteiger partial charge in [0.1, 0.15) is 6.04 Å². The SMILES string of the molecule is CCNC(=O)CCNC(=O)N[C@H](Cc1cnc[nH]1)C(=O)O. The van der Waals surface area contributed by atoms with E-state index in [2.05, 4.69) is 25.9 Å². The number of urea groups is 1. The molecule has 5 N–H and O–H groups in total. The highest BCUT2D eigenvalue weighted by molar-refractivity contribution is 5.83. The van der Waals surface area contributed by atoms with Crippen LogP contribution in [0.2, 0.25) is 0 Å². The van der Waals surface area contributed by atoms with E-state index in [-0.39, 0.29) is 25.3 Å². The number of aromatic amines is 1. The standard InChI is InChI=1S/C12H19N5O4/c1-2-14-10(18)3-4-15-12(21)17-9(11(19)20)5-8-6-13-7-16-8/h6-7,9H,2-5H2,1H3,(H,13,16)(H,14,18)(H,19,20)(H2,15,17,21)/t9-/m1/s1. The second kappa shape index (κ2) is 8.56. The molecule has 0 aromatic carbocycles. The Bertz CT molecular complexity index is 474. The molecule has 0 aliphatic carbocycles. The Morgan fingerprint density at radius 2 is 2.14 bits per heavy atom. The van der Waals surface area contributed by atoms with Crippen molar-refractivity contribution in [1.29, 1.82) is 0 Å². The van der Waals surface area contributed by atoms with Crippen molar-refractivity contribution in [2.24, 2.45) is 0 Å².